The molecule has 0 radical (unpaired) electrons. The third-order valence-electron chi connectivity index (χ3n) is 8.91. The minimum absolute atomic E-state index is 0.277. The molecule has 0 saturated carbocycles. The lowest BCUT2D eigenvalue weighted by molar-refractivity contribution is -0.141. The van der Waals surface area contributed by atoms with E-state index in [0.717, 1.165) is 29.0 Å². The molecule has 0 spiro atoms. The molecule has 1 aliphatic carbocycles. The second kappa shape index (κ2) is 13.8. The summed E-state index contributed by atoms with van der Waals surface area (Å²) in [6.07, 6.45) is -5.60. The number of pyridine rings is 1. The average Bonchev–Trinajstić information content (AvgIpc) is 3.39. The molecule has 0 bridgehead atoms. The number of unbranched alkanes of at least 4 members (excludes halogenated alkanes) is 1. The van der Waals surface area contributed by atoms with Crippen LogP contribution >= 0.6 is 0 Å². The second-order valence-electron chi connectivity index (χ2n) is 12.1. The Morgan fingerprint density at radius 2 is 1.28 bits per heavy atom. The molecule has 1 aliphatic rings. The number of benzene rings is 4. The summed E-state index contributed by atoms with van der Waals surface area (Å²) in [4.78, 5) is 31.4. The Kier molecular flexibility index (Phi) is 9.51. The van der Waals surface area contributed by atoms with Crippen molar-refractivity contribution in [1.29, 1.82) is 0 Å². The zero-order chi connectivity index (χ0) is 35.5. The SMILES string of the molecule is O=C(Nc1ccc(CCCCC2(C(=O)NCC(F)(F)F)c3ccccc3-c3ccccc32)nc1)c1ccccc1-c1ccc(C(F)(F)F)cc1. The number of amides is 2. The topological polar surface area (TPSA) is 71.1 Å². The van der Waals surface area contributed by atoms with Crippen molar-refractivity contribution in [3.8, 4) is 22.3 Å². The molecule has 2 N–H and O–H groups in total. The first-order chi connectivity index (χ1) is 23.9. The molecule has 6 rings (SSSR count). The van der Waals surface area contributed by atoms with Crippen molar-refractivity contribution < 1.29 is 35.9 Å². The molecule has 4 aromatic carbocycles. The molecule has 0 aliphatic heterocycles. The first-order valence-electron chi connectivity index (χ1n) is 15.9. The second-order valence-corrected chi connectivity index (χ2v) is 12.1. The van der Waals surface area contributed by atoms with Crippen molar-refractivity contribution in [3.63, 3.8) is 0 Å². The molecule has 0 fully saturated rings. The Bertz CT molecular complexity index is 1960. The molecule has 50 heavy (non-hydrogen) atoms. The van der Waals surface area contributed by atoms with Gasteiger partial charge in [0.1, 0.15) is 12.0 Å². The van der Waals surface area contributed by atoms with Crippen LogP contribution in [0.5, 0.6) is 0 Å². The van der Waals surface area contributed by atoms with Gasteiger partial charge in [-0.1, -0.05) is 85.3 Å². The standard InChI is InChI=1S/C39H31F6N3O2/c40-38(41,42)24-47-36(50)37(33-14-5-3-11-30(33)31-12-4-6-15-34(31)37)22-8-7-9-27-20-21-28(23-46-27)48-35(49)32-13-2-1-10-29(32)25-16-18-26(19-17-25)39(43,44)45/h1-6,10-21,23H,7-9,22,24H2,(H,47,50)(H,48,49). The number of aryl methyl sites for hydroxylation is 1. The molecule has 256 valence electrons. The van der Waals surface area contributed by atoms with Crippen LogP contribution in [0.4, 0.5) is 32.0 Å². The van der Waals surface area contributed by atoms with Gasteiger partial charge in [-0.2, -0.15) is 26.3 Å². The maximum Gasteiger partial charge on any atom is 0.416 e. The van der Waals surface area contributed by atoms with Gasteiger partial charge in [0, 0.05) is 11.3 Å². The van der Waals surface area contributed by atoms with E-state index in [2.05, 4.69) is 15.6 Å². The molecule has 0 atom stereocenters. The number of anilines is 1. The smallest absolute Gasteiger partial charge is 0.346 e. The van der Waals surface area contributed by atoms with Crippen LogP contribution in [0.1, 0.15) is 52.0 Å². The van der Waals surface area contributed by atoms with Gasteiger partial charge in [0.15, 0.2) is 0 Å². The van der Waals surface area contributed by atoms with Gasteiger partial charge < -0.3 is 10.6 Å². The van der Waals surface area contributed by atoms with Gasteiger partial charge in [0.2, 0.25) is 5.91 Å². The molecule has 11 heteroatoms. The van der Waals surface area contributed by atoms with Crippen molar-refractivity contribution in [1.82, 2.24) is 10.3 Å². The maximum atomic E-state index is 13.7. The van der Waals surface area contributed by atoms with E-state index in [-0.39, 0.29) is 12.0 Å². The lowest BCUT2D eigenvalue weighted by Crippen LogP contribution is -2.47. The van der Waals surface area contributed by atoms with Crippen molar-refractivity contribution >= 4 is 17.5 Å². The molecule has 1 aromatic heterocycles. The van der Waals surface area contributed by atoms with E-state index in [9.17, 15) is 35.9 Å². The van der Waals surface area contributed by atoms with Gasteiger partial charge in [-0.25, -0.2) is 0 Å². The Labute approximate surface area is 284 Å². The van der Waals surface area contributed by atoms with Crippen LogP contribution in [0.2, 0.25) is 0 Å². The summed E-state index contributed by atoms with van der Waals surface area (Å²) in [5.74, 6) is -1.15. The highest BCUT2D eigenvalue weighted by Crippen LogP contribution is 2.51. The summed E-state index contributed by atoms with van der Waals surface area (Å²) in [7, 11) is 0. The number of alkyl halides is 6. The number of carbonyl (C=O) groups excluding carboxylic acids is 2. The zero-order valence-corrected chi connectivity index (χ0v) is 26.5. The van der Waals surface area contributed by atoms with Crippen LogP contribution in [-0.4, -0.2) is 29.5 Å². The molecule has 5 aromatic rings. The number of nitrogens with zero attached hydrogens (tertiary/aromatic N) is 1. The third-order valence-corrected chi connectivity index (χ3v) is 8.91. The Morgan fingerprint density at radius 3 is 1.86 bits per heavy atom. The van der Waals surface area contributed by atoms with E-state index < -0.39 is 41.7 Å². The molecule has 0 unspecified atom stereocenters. The predicted molar refractivity (Wildman–Crippen MR) is 178 cm³/mol. The summed E-state index contributed by atoms with van der Waals surface area (Å²) in [6, 6.07) is 29.3. The van der Waals surface area contributed by atoms with Crippen molar-refractivity contribution in [2.24, 2.45) is 0 Å². The summed E-state index contributed by atoms with van der Waals surface area (Å²) >= 11 is 0. The number of halogens is 6. The average molecular weight is 688 g/mol. The van der Waals surface area contributed by atoms with Gasteiger partial charge in [-0.15, -0.1) is 0 Å². The van der Waals surface area contributed by atoms with E-state index in [0.29, 0.717) is 47.2 Å². The van der Waals surface area contributed by atoms with E-state index in [1.165, 1.54) is 18.3 Å². The van der Waals surface area contributed by atoms with Gasteiger partial charge in [-0.05, 0) is 83.0 Å². The van der Waals surface area contributed by atoms with Gasteiger partial charge >= 0.3 is 12.4 Å². The lowest BCUT2D eigenvalue weighted by Gasteiger charge is -2.31. The fourth-order valence-electron chi connectivity index (χ4n) is 6.60. The minimum Gasteiger partial charge on any atom is -0.346 e. The highest BCUT2D eigenvalue weighted by atomic mass is 19.4. The first kappa shape index (κ1) is 34.4. The van der Waals surface area contributed by atoms with E-state index in [4.69, 9.17) is 0 Å². The largest absolute Gasteiger partial charge is 0.416 e. The van der Waals surface area contributed by atoms with Crippen molar-refractivity contribution in [3.05, 3.63) is 143 Å². The molecule has 5 nitrogen and oxygen atoms in total. The fourth-order valence-corrected chi connectivity index (χ4v) is 6.60. The van der Waals surface area contributed by atoms with Crippen LogP contribution in [0, 0.1) is 0 Å². The van der Waals surface area contributed by atoms with Crippen LogP contribution in [0.25, 0.3) is 22.3 Å². The van der Waals surface area contributed by atoms with Crippen LogP contribution in [0.15, 0.2) is 115 Å². The highest BCUT2D eigenvalue weighted by molar-refractivity contribution is 6.08. The van der Waals surface area contributed by atoms with Gasteiger partial charge in [0.05, 0.1) is 17.4 Å². The number of hydrogen-bond donors (Lipinski definition) is 2. The number of hydrogen-bond acceptors (Lipinski definition) is 3. The number of aromatic nitrogens is 1. The molecule has 1 heterocycles. The Morgan fingerprint density at radius 1 is 0.680 bits per heavy atom. The minimum atomic E-state index is -4.55. The van der Waals surface area contributed by atoms with Crippen LogP contribution in [0.3, 0.4) is 0 Å². The van der Waals surface area contributed by atoms with Crippen molar-refractivity contribution in [2.75, 3.05) is 11.9 Å². The first-order valence-corrected chi connectivity index (χ1v) is 15.9. The van der Waals surface area contributed by atoms with E-state index in [1.54, 1.807) is 60.7 Å². The molecule has 2 amide bonds. The van der Waals surface area contributed by atoms with Crippen molar-refractivity contribution in [2.45, 2.75) is 43.5 Å². The van der Waals surface area contributed by atoms with Crippen LogP contribution < -0.4 is 10.6 Å². The predicted octanol–water partition coefficient (Wildman–Crippen LogP) is 9.38. The summed E-state index contributed by atoms with van der Waals surface area (Å²) < 4.78 is 78.6. The van der Waals surface area contributed by atoms with Crippen LogP contribution in [-0.2, 0) is 22.8 Å². The van der Waals surface area contributed by atoms with E-state index in [1.807, 2.05) is 24.3 Å². The number of carbonyl (C=O) groups is 2. The molecule has 0 saturated heterocycles. The van der Waals surface area contributed by atoms with Gasteiger partial charge in [-0.3, -0.25) is 14.6 Å². The Balaban J connectivity index is 1.12. The molecular weight excluding hydrogens is 656 g/mol. The maximum absolute atomic E-state index is 13.7. The molecular formula is C39H31F6N3O2. The summed E-state index contributed by atoms with van der Waals surface area (Å²) in [5, 5.41) is 4.94. The number of fused-ring (bicyclic) bond motifs is 3. The number of rotatable bonds is 10. The fraction of sp³-hybridized carbons (Fsp3) is 0.205. The van der Waals surface area contributed by atoms with E-state index >= 15 is 0 Å². The Hall–Kier alpha value is -5.45. The third kappa shape index (κ3) is 7.12. The zero-order valence-electron chi connectivity index (χ0n) is 26.5. The van der Waals surface area contributed by atoms with Gasteiger partial charge in [0.25, 0.3) is 5.91 Å². The quantitative estimate of drug-likeness (QED) is 0.114. The summed E-state index contributed by atoms with van der Waals surface area (Å²) in [6.45, 7) is -1.43. The highest BCUT2D eigenvalue weighted by Gasteiger charge is 2.49. The normalized spacial score (nSPS) is 13.3. The lowest BCUT2D eigenvalue weighted by atomic mass is 9.73. The monoisotopic (exact) mass is 687 g/mol. The number of nitrogens with one attached hydrogen (secondary N) is 2. The summed E-state index contributed by atoms with van der Waals surface area (Å²) in [5.41, 5.74) is 3.29.